The van der Waals surface area contributed by atoms with Crippen molar-refractivity contribution in [3.8, 4) is 5.75 Å². The molecule has 0 saturated heterocycles. The molecular formula is C14H12N2O4. The molecule has 0 aliphatic carbocycles. The minimum absolute atomic E-state index is 0.00896. The molecule has 3 N–H and O–H groups in total. The summed E-state index contributed by atoms with van der Waals surface area (Å²) in [6.45, 7) is 0. The van der Waals surface area contributed by atoms with Crippen LogP contribution >= 0.6 is 0 Å². The number of aromatic nitrogens is 1. The molecule has 2 aromatic rings. The predicted molar refractivity (Wildman–Crippen MR) is 71.6 cm³/mol. The first kappa shape index (κ1) is 13.5. The van der Waals surface area contributed by atoms with Crippen LogP contribution in [0.25, 0.3) is 0 Å². The molecule has 0 spiro atoms. The monoisotopic (exact) mass is 272 g/mol. The van der Waals surface area contributed by atoms with E-state index in [1.165, 1.54) is 18.2 Å². The highest BCUT2D eigenvalue weighted by Gasteiger charge is 2.09. The Morgan fingerprint density at radius 2 is 1.90 bits per heavy atom. The third kappa shape index (κ3) is 3.32. The SMILES string of the molecule is O=C(Cc1ccccc1O)Nc1ccc(C(=O)O)cn1. The molecule has 1 heterocycles. The molecule has 1 aromatic carbocycles. The summed E-state index contributed by atoms with van der Waals surface area (Å²) in [5.74, 6) is -1.11. The second-order valence-electron chi connectivity index (χ2n) is 4.09. The lowest BCUT2D eigenvalue weighted by Crippen LogP contribution is -2.15. The van der Waals surface area contributed by atoms with Gasteiger partial charge in [0.2, 0.25) is 5.91 Å². The molecule has 0 atom stereocenters. The van der Waals surface area contributed by atoms with Crippen LogP contribution in [0.3, 0.4) is 0 Å². The molecule has 0 radical (unpaired) electrons. The Labute approximate surface area is 114 Å². The standard InChI is InChI=1S/C14H12N2O4/c17-11-4-2-1-3-9(11)7-13(18)16-12-6-5-10(8-15-12)14(19)20/h1-6,8,17H,7H2,(H,19,20)(H,15,16,18). The summed E-state index contributed by atoms with van der Waals surface area (Å²) in [5, 5.41) is 20.8. The maximum absolute atomic E-state index is 11.8. The largest absolute Gasteiger partial charge is 0.508 e. The zero-order chi connectivity index (χ0) is 14.5. The normalized spacial score (nSPS) is 10.0. The fourth-order valence-electron chi connectivity index (χ4n) is 1.61. The Morgan fingerprint density at radius 3 is 2.50 bits per heavy atom. The van der Waals surface area contributed by atoms with Gasteiger partial charge < -0.3 is 15.5 Å². The second-order valence-corrected chi connectivity index (χ2v) is 4.09. The lowest BCUT2D eigenvalue weighted by atomic mass is 10.1. The minimum atomic E-state index is -1.08. The summed E-state index contributed by atoms with van der Waals surface area (Å²) < 4.78 is 0. The number of hydrogen-bond acceptors (Lipinski definition) is 4. The van der Waals surface area contributed by atoms with E-state index in [2.05, 4.69) is 10.3 Å². The van der Waals surface area contributed by atoms with Crippen molar-refractivity contribution in [1.29, 1.82) is 0 Å². The van der Waals surface area contributed by atoms with Gasteiger partial charge in [0, 0.05) is 11.8 Å². The third-order valence-electron chi connectivity index (χ3n) is 2.62. The number of aromatic carboxylic acids is 1. The van der Waals surface area contributed by atoms with Crippen LogP contribution in [-0.2, 0) is 11.2 Å². The highest BCUT2D eigenvalue weighted by molar-refractivity contribution is 5.92. The summed E-state index contributed by atoms with van der Waals surface area (Å²) in [5.41, 5.74) is 0.552. The summed E-state index contributed by atoms with van der Waals surface area (Å²) >= 11 is 0. The van der Waals surface area contributed by atoms with E-state index < -0.39 is 5.97 Å². The summed E-state index contributed by atoms with van der Waals surface area (Å²) in [6, 6.07) is 9.31. The van der Waals surface area contributed by atoms with Gasteiger partial charge in [-0.05, 0) is 18.2 Å². The van der Waals surface area contributed by atoms with Gasteiger partial charge in [0.1, 0.15) is 11.6 Å². The van der Waals surface area contributed by atoms with Crippen LogP contribution < -0.4 is 5.32 Å². The van der Waals surface area contributed by atoms with Crippen molar-refractivity contribution in [3.05, 3.63) is 53.7 Å². The number of nitrogens with one attached hydrogen (secondary N) is 1. The first-order valence-electron chi connectivity index (χ1n) is 5.82. The average Bonchev–Trinajstić information content (AvgIpc) is 2.42. The minimum Gasteiger partial charge on any atom is -0.508 e. The van der Waals surface area contributed by atoms with Crippen LogP contribution in [0.2, 0.25) is 0 Å². The van der Waals surface area contributed by atoms with E-state index >= 15 is 0 Å². The molecule has 0 bridgehead atoms. The summed E-state index contributed by atoms with van der Waals surface area (Å²) in [6.07, 6.45) is 1.17. The molecule has 20 heavy (non-hydrogen) atoms. The van der Waals surface area contributed by atoms with Gasteiger partial charge in [-0.2, -0.15) is 0 Å². The van der Waals surface area contributed by atoms with Gasteiger partial charge in [0.05, 0.1) is 12.0 Å². The Bertz CT molecular complexity index is 638. The maximum atomic E-state index is 11.8. The highest BCUT2D eigenvalue weighted by atomic mass is 16.4. The summed E-state index contributed by atoms with van der Waals surface area (Å²) in [7, 11) is 0. The van der Waals surface area contributed by atoms with Crippen LogP contribution in [-0.4, -0.2) is 27.1 Å². The Balaban J connectivity index is 2.01. The van der Waals surface area contributed by atoms with Crippen molar-refractivity contribution >= 4 is 17.7 Å². The van der Waals surface area contributed by atoms with Crippen molar-refractivity contribution in [2.75, 3.05) is 5.32 Å². The number of phenolic OH excluding ortho intramolecular Hbond substituents is 1. The van der Waals surface area contributed by atoms with Gasteiger partial charge in [-0.25, -0.2) is 9.78 Å². The lowest BCUT2D eigenvalue weighted by Gasteiger charge is -2.06. The number of hydrogen-bond donors (Lipinski definition) is 3. The van der Waals surface area contributed by atoms with Crippen molar-refractivity contribution < 1.29 is 19.8 Å². The van der Waals surface area contributed by atoms with E-state index in [-0.39, 0.29) is 29.5 Å². The topological polar surface area (TPSA) is 99.5 Å². The maximum Gasteiger partial charge on any atom is 0.337 e. The molecule has 0 aliphatic rings. The van der Waals surface area contributed by atoms with E-state index in [9.17, 15) is 14.7 Å². The molecule has 0 fully saturated rings. The van der Waals surface area contributed by atoms with Crippen molar-refractivity contribution in [3.63, 3.8) is 0 Å². The highest BCUT2D eigenvalue weighted by Crippen LogP contribution is 2.16. The zero-order valence-electron chi connectivity index (χ0n) is 10.4. The molecule has 1 aromatic heterocycles. The number of para-hydroxylation sites is 1. The van der Waals surface area contributed by atoms with E-state index in [4.69, 9.17) is 5.11 Å². The molecular weight excluding hydrogens is 260 g/mol. The van der Waals surface area contributed by atoms with Crippen molar-refractivity contribution in [1.82, 2.24) is 4.98 Å². The molecule has 6 heteroatoms. The van der Waals surface area contributed by atoms with Crippen molar-refractivity contribution in [2.24, 2.45) is 0 Å². The van der Waals surface area contributed by atoms with Gasteiger partial charge in [0.15, 0.2) is 0 Å². The van der Waals surface area contributed by atoms with Gasteiger partial charge in [0.25, 0.3) is 0 Å². The lowest BCUT2D eigenvalue weighted by molar-refractivity contribution is -0.115. The number of anilines is 1. The molecule has 2 rings (SSSR count). The number of benzene rings is 1. The quantitative estimate of drug-likeness (QED) is 0.786. The van der Waals surface area contributed by atoms with E-state index in [0.29, 0.717) is 5.56 Å². The number of pyridine rings is 1. The number of carbonyl (C=O) groups excluding carboxylic acids is 1. The molecule has 0 aliphatic heterocycles. The number of rotatable bonds is 4. The van der Waals surface area contributed by atoms with Gasteiger partial charge in [-0.15, -0.1) is 0 Å². The predicted octanol–water partition coefficient (Wildman–Crippen LogP) is 1.67. The van der Waals surface area contributed by atoms with Crippen LogP contribution in [0.4, 0.5) is 5.82 Å². The Morgan fingerprint density at radius 1 is 1.15 bits per heavy atom. The zero-order valence-corrected chi connectivity index (χ0v) is 10.4. The fourth-order valence-corrected chi connectivity index (χ4v) is 1.61. The first-order valence-corrected chi connectivity index (χ1v) is 5.82. The van der Waals surface area contributed by atoms with E-state index in [1.54, 1.807) is 18.2 Å². The molecule has 102 valence electrons. The number of carboxylic acids is 1. The van der Waals surface area contributed by atoms with E-state index in [0.717, 1.165) is 6.20 Å². The Hall–Kier alpha value is -2.89. The number of amides is 1. The number of carbonyl (C=O) groups is 2. The van der Waals surface area contributed by atoms with Gasteiger partial charge >= 0.3 is 5.97 Å². The van der Waals surface area contributed by atoms with Crippen LogP contribution in [0, 0.1) is 0 Å². The third-order valence-corrected chi connectivity index (χ3v) is 2.62. The smallest absolute Gasteiger partial charge is 0.337 e. The van der Waals surface area contributed by atoms with E-state index in [1.807, 2.05) is 0 Å². The molecule has 6 nitrogen and oxygen atoms in total. The average molecular weight is 272 g/mol. The first-order chi connectivity index (χ1) is 9.56. The number of phenols is 1. The van der Waals surface area contributed by atoms with Gasteiger partial charge in [-0.1, -0.05) is 18.2 Å². The van der Waals surface area contributed by atoms with Crippen LogP contribution in [0.5, 0.6) is 5.75 Å². The molecule has 0 unspecified atom stereocenters. The number of aromatic hydroxyl groups is 1. The van der Waals surface area contributed by atoms with Crippen LogP contribution in [0.15, 0.2) is 42.6 Å². The van der Waals surface area contributed by atoms with Crippen molar-refractivity contribution in [2.45, 2.75) is 6.42 Å². The Kier molecular flexibility index (Phi) is 3.95. The fraction of sp³-hybridized carbons (Fsp3) is 0.0714. The molecule has 0 saturated carbocycles. The second kappa shape index (κ2) is 5.83. The number of carboxylic acid groups (broad SMARTS) is 1. The molecule has 1 amide bonds. The van der Waals surface area contributed by atoms with Gasteiger partial charge in [-0.3, -0.25) is 4.79 Å². The van der Waals surface area contributed by atoms with Crippen LogP contribution in [0.1, 0.15) is 15.9 Å². The summed E-state index contributed by atoms with van der Waals surface area (Å²) in [4.78, 5) is 26.3. The number of nitrogens with zero attached hydrogens (tertiary/aromatic N) is 1.